The van der Waals surface area contributed by atoms with Crippen molar-refractivity contribution in [3.63, 3.8) is 0 Å². The van der Waals surface area contributed by atoms with Crippen LogP contribution in [0, 0.1) is 0 Å². The summed E-state index contributed by atoms with van der Waals surface area (Å²) in [6.07, 6.45) is 0. The predicted molar refractivity (Wildman–Crippen MR) is 140 cm³/mol. The third-order valence-electron chi connectivity index (χ3n) is 4.71. The number of Topliss-reactive ketones (excluding diaryl/α,β-unsaturated/α-hetero) is 1. The molecule has 0 saturated heterocycles. The van der Waals surface area contributed by atoms with Crippen molar-refractivity contribution < 1.29 is 4.79 Å². The van der Waals surface area contributed by atoms with Crippen LogP contribution in [0.2, 0.25) is 15.1 Å². The van der Waals surface area contributed by atoms with Gasteiger partial charge >= 0.3 is 0 Å². The summed E-state index contributed by atoms with van der Waals surface area (Å²) in [4.78, 5) is 12.4. The number of anilines is 1. The molecule has 0 radical (unpaired) electrons. The number of carbonyl (C=O) groups excluding carboxylic acids is 1. The van der Waals surface area contributed by atoms with E-state index in [4.69, 9.17) is 34.8 Å². The van der Waals surface area contributed by atoms with Crippen LogP contribution in [0.4, 0.5) is 5.69 Å². The number of aromatic nitrogens is 3. The van der Waals surface area contributed by atoms with Gasteiger partial charge in [-0.1, -0.05) is 77.3 Å². The smallest absolute Gasteiger partial charge is 0.198 e. The summed E-state index contributed by atoms with van der Waals surface area (Å²) in [5.41, 5.74) is 5.16. The maximum atomic E-state index is 12.4. The summed E-state index contributed by atoms with van der Waals surface area (Å²) in [6.45, 7) is 1.91. The maximum absolute atomic E-state index is 12.4. The molecule has 0 aliphatic carbocycles. The van der Waals surface area contributed by atoms with E-state index >= 15 is 0 Å². The Hall–Kier alpha value is -2.84. The van der Waals surface area contributed by atoms with E-state index in [-0.39, 0.29) is 10.8 Å². The second kappa shape index (κ2) is 11.1. The highest BCUT2D eigenvalue weighted by Crippen LogP contribution is 2.32. The zero-order valence-corrected chi connectivity index (χ0v) is 21.0. The number of hydrazone groups is 1. The Balaban J connectivity index is 1.72. The lowest BCUT2D eigenvalue weighted by Gasteiger charge is -2.12. The molecule has 0 bridgehead atoms. The van der Waals surface area contributed by atoms with Crippen LogP contribution in [0.5, 0.6) is 0 Å². The normalized spacial score (nSPS) is 11.5. The summed E-state index contributed by atoms with van der Waals surface area (Å²) in [6, 6.07) is 22.2. The van der Waals surface area contributed by atoms with Crippen LogP contribution in [-0.2, 0) is 11.3 Å². The van der Waals surface area contributed by atoms with Gasteiger partial charge in [0.2, 0.25) is 0 Å². The Morgan fingerprint density at radius 3 is 2.41 bits per heavy atom. The van der Waals surface area contributed by atoms with Gasteiger partial charge in [0.05, 0.1) is 22.3 Å². The van der Waals surface area contributed by atoms with Crippen LogP contribution in [0.15, 0.2) is 83.1 Å². The number of hydrogen-bond donors (Lipinski definition) is 1. The van der Waals surface area contributed by atoms with E-state index in [0.717, 1.165) is 17.3 Å². The van der Waals surface area contributed by atoms with Crippen LogP contribution in [0.3, 0.4) is 0 Å². The van der Waals surface area contributed by atoms with Crippen molar-refractivity contribution in [1.82, 2.24) is 14.8 Å². The summed E-state index contributed by atoms with van der Waals surface area (Å²) >= 11 is 19.8. The molecule has 34 heavy (non-hydrogen) atoms. The summed E-state index contributed by atoms with van der Waals surface area (Å²) in [5.74, 6) is 0.319. The molecule has 6 nitrogen and oxygen atoms in total. The van der Waals surface area contributed by atoms with Gasteiger partial charge in [0.25, 0.3) is 0 Å². The van der Waals surface area contributed by atoms with E-state index in [1.807, 2.05) is 47.0 Å². The van der Waals surface area contributed by atoms with E-state index in [1.165, 1.54) is 6.92 Å². The number of ketones is 1. The van der Waals surface area contributed by atoms with Gasteiger partial charge in [0, 0.05) is 17.5 Å². The molecule has 0 amide bonds. The number of halogens is 3. The summed E-state index contributed by atoms with van der Waals surface area (Å²) < 4.78 is 1.89. The molecule has 10 heteroatoms. The zero-order chi connectivity index (χ0) is 24.1. The Labute approximate surface area is 215 Å². The van der Waals surface area contributed by atoms with E-state index in [0.29, 0.717) is 43.8 Å². The highest BCUT2D eigenvalue weighted by molar-refractivity contribution is 8.15. The van der Waals surface area contributed by atoms with Crippen LogP contribution in [-0.4, -0.2) is 25.6 Å². The van der Waals surface area contributed by atoms with E-state index in [2.05, 4.69) is 20.7 Å². The molecule has 172 valence electrons. The predicted octanol–water partition coefficient (Wildman–Crippen LogP) is 7.06. The van der Waals surface area contributed by atoms with Crippen LogP contribution >= 0.6 is 46.6 Å². The third kappa shape index (κ3) is 5.80. The zero-order valence-electron chi connectivity index (χ0n) is 17.9. The molecule has 0 aliphatic heterocycles. The SMILES string of the molecule is CC(=O)/C(=N/Nc1ccccc1Cl)Sc1nnc(-c2ccc(Cl)cc2Cl)n1Cc1ccccc1. The van der Waals surface area contributed by atoms with Gasteiger partial charge in [0.1, 0.15) is 0 Å². The van der Waals surface area contributed by atoms with Gasteiger partial charge in [-0.3, -0.25) is 14.8 Å². The Bertz CT molecular complexity index is 1360. The monoisotopic (exact) mass is 529 g/mol. The van der Waals surface area contributed by atoms with Gasteiger partial charge in [-0.05, 0) is 47.7 Å². The van der Waals surface area contributed by atoms with Crippen LogP contribution in [0.25, 0.3) is 11.4 Å². The molecule has 0 unspecified atom stereocenters. The van der Waals surface area contributed by atoms with Crippen molar-refractivity contribution in [2.45, 2.75) is 18.6 Å². The lowest BCUT2D eigenvalue weighted by molar-refractivity contribution is -0.110. The molecule has 1 N–H and O–H groups in total. The third-order valence-corrected chi connectivity index (χ3v) is 6.65. The highest BCUT2D eigenvalue weighted by atomic mass is 35.5. The van der Waals surface area contributed by atoms with E-state index in [9.17, 15) is 4.79 Å². The first-order valence-corrected chi connectivity index (χ1v) is 12.1. The number of para-hydroxylation sites is 1. The van der Waals surface area contributed by atoms with Crippen LogP contribution in [0.1, 0.15) is 12.5 Å². The first kappa shape index (κ1) is 24.3. The number of carbonyl (C=O) groups is 1. The molecular formula is C24H18Cl3N5OS. The lowest BCUT2D eigenvalue weighted by Crippen LogP contribution is -2.11. The largest absolute Gasteiger partial charge is 0.297 e. The molecule has 0 fully saturated rings. The molecule has 0 aliphatic rings. The molecular weight excluding hydrogens is 513 g/mol. The minimum absolute atomic E-state index is 0.204. The Kier molecular flexibility index (Phi) is 7.90. The molecule has 4 aromatic rings. The van der Waals surface area contributed by atoms with Gasteiger partial charge < -0.3 is 0 Å². The van der Waals surface area contributed by atoms with Crippen molar-refractivity contribution in [2.24, 2.45) is 5.10 Å². The molecule has 1 heterocycles. The van der Waals surface area contributed by atoms with Crippen molar-refractivity contribution in [1.29, 1.82) is 0 Å². The maximum Gasteiger partial charge on any atom is 0.198 e. The van der Waals surface area contributed by atoms with Crippen molar-refractivity contribution in [2.75, 3.05) is 5.43 Å². The lowest BCUT2D eigenvalue weighted by atomic mass is 10.2. The number of nitrogens with one attached hydrogen (secondary N) is 1. The fourth-order valence-electron chi connectivity index (χ4n) is 3.07. The van der Waals surface area contributed by atoms with E-state index < -0.39 is 0 Å². The van der Waals surface area contributed by atoms with Gasteiger partial charge in [-0.2, -0.15) is 5.10 Å². The van der Waals surface area contributed by atoms with Gasteiger partial charge in [-0.25, -0.2) is 0 Å². The average Bonchev–Trinajstić information content (AvgIpc) is 3.19. The minimum Gasteiger partial charge on any atom is -0.297 e. The standard InChI is InChI=1S/C24H18Cl3N5OS/c1-15(33)23(30-28-21-10-6-5-9-19(21)26)34-24-31-29-22(18-12-11-17(25)13-20(18)27)32(24)14-16-7-3-2-4-8-16/h2-13,28H,14H2,1H3/b30-23-. The quantitative estimate of drug-likeness (QED) is 0.120. The van der Waals surface area contributed by atoms with Crippen molar-refractivity contribution >= 4 is 63.1 Å². The highest BCUT2D eigenvalue weighted by Gasteiger charge is 2.21. The van der Waals surface area contributed by atoms with Crippen molar-refractivity contribution in [3.05, 3.63) is 93.4 Å². The molecule has 0 atom stereocenters. The average molecular weight is 531 g/mol. The van der Waals surface area contributed by atoms with E-state index in [1.54, 1.807) is 30.3 Å². The summed E-state index contributed by atoms with van der Waals surface area (Å²) in [7, 11) is 0. The molecule has 4 rings (SSSR count). The summed E-state index contributed by atoms with van der Waals surface area (Å²) in [5, 5.41) is 15.2. The molecule has 1 aromatic heterocycles. The van der Waals surface area contributed by atoms with Crippen molar-refractivity contribution in [3.8, 4) is 11.4 Å². The number of nitrogens with zero attached hydrogens (tertiary/aromatic N) is 4. The first-order chi connectivity index (χ1) is 16.4. The van der Waals surface area contributed by atoms with Gasteiger partial charge in [0.15, 0.2) is 21.8 Å². The fourth-order valence-corrected chi connectivity index (χ4v) is 4.49. The second-order valence-electron chi connectivity index (χ2n) is 7.17. The molecule has 0 saturated carbocycles. The molecule has 0 spiro atoms. The Morgan fingerprint density at radius 1 is 0.971 bits per heavy atom. The number of thioether (sulfide) groups is 1. The Morgan fingerprint density at radius 2 is 1.71 bits per heavy atom. The molecule has 3 aromatic carbocycles. The second-order valence-corrected chi connectivity index (χ2v) is 9.38. The number of hydrogen-bond acceptors (Lipinski definition) is 6. The topological polar surface area (TPSA) is 72.2 Å². The fraction of sp³-hybridized carbons (Fsp3) is 0.0833. The first-order valence-electron chi connectivity index (χ1n) is 10.1. The van der Waals surface area contributed by atoms with Gasteiger partial charge in [-0.15, -0.1) is 10.2 Å². The minimum atomic E-state index is -0.232. The van der Waals surface area contributed by atoms with Crippen LogP contribution < -0.4 is 5.43 Å². The number of rotatable bonds is 7. The number of benzene rings is 3.